The van der Waals surface area contributed by atoms with Crippen LogP contribution in [0.5, 0.6) is 0 Å². The van der Waals surface area contributed by atoms with Crippen molar-refractivity contribution in [3.05, 3.63) is 0 Å². The predicted octanol–water partition coefficient (Wildman–Crippen LogP) is -0.462. The minimum absolute atomic E-state index is 0.512. The smallest absolute Gasteiger partial charge is 0.311 e. The van der Waals surface area contributed by atoms with Crippen molar-refractivity contribution in [3.8, 4) is 0 Å². The molecule has 0 aromatic carbocycles. The van der Waals surface area contributed by atoms with Crippen LogP contribution in [-0.2, 0) is 47.6 Å². The Morgan fingerprint density at radius 3 is 1.59 bits per heavy atom. The number of amides is 1. The summed E-state index contributed by atoms with van der Waals surface area (Å²) in [5.74, 6) is -2.63. The minimum Gasteiger partial charge on any atom is -0.462 e. The van der Waals surface area contributed by atoms with Crippen molar-refractivity contribution in [1.29, 1.82) is 0 Å². The molecule has 2 aliphatic rings. The SMILES string of the molecule is CC(=O)N[C@@H]1[C@@H](O)[C@H](O[C@@H]2O[C@H](COC(=O)C(C)(C)C)[C@H](O)[C@H](OC(=O)C(C)(C)C)[C@H]2O)[C@@H](COC(=O)C(C)(C)C)O[C@H]1O. The Morgan fingerprint density at radius 1 is 0.659 bits per heavy atom. The Bertz CT molecular complexity index is 1030. The van der Waals surface area contributed by atoms with Crippen LogP contribution >= 0.6 is 0 Å². The van der Waals surface area contributed by atoms with Crippen molar-refractivity contribution in [2.75, 3.05) is 13.2 Å². The Balaban J connectivity index is 2.42. The second-order valence-electron chi connectivity index (χ2n) is 14.2. The highest BCUT2D eigenvalue weighted by atomic mass is 16.7. The van der Waals surface area contributed by atoms with Gasteiger partial charge in [0.15, 0.2) is 18.7 Å². The van der Waals surface area contributed by atoms with E-state index in [1.165, 1.54) is 0 Å². The zero-order valence-corrected chi connectivity index (χ0v) is 27.1. The van der Waals surface area contributed by atoms with Crippen LogP contribution in [-0.4, -0.2) is 119 Å². The van der Waals surface area contributed by atoms with E-state index in [9.17, 15) is 39.6 Å². The van der Waals surface area contributed by atoms with Crippen molar-refractivity contribution in [3.63, 3.8) is 0 Å². The lowest BCUT2D eigenvalue weighted by atomic mass is 9.94. The van der Waals surface area contributed by atoms with Gasteiger partial charge in [0, 0.05) is 6.92 Å². The summed E-state index contributed by atoms with van der Waals surface area (Å²) >= 11 is 0. The van der Waals surface area contributed by atoms with Gasteiger partial charge in [-0.2, -0.15) is 0 Å². The summed E-state index contributed by atoms with van der Waals surface area (Å²) in [6.45, 7) is 14.5. The highest BCUT2D eigenvalue weighted by molar-refractivity contribution is 5.76. The third-order valence-corrected chi connectivity index (χ3v) is 6.83. The van der Waals surface area contributed by atoms with Crippen LogP contribution in [0.15, 0.2) is 0 Å². The second kappa shape index (κ2) is 14.4. The third kappa shape index (κ3) is 9.80. The maximum absolute atomic E-state index is 12.8. The van der Waals surface area contributed by atoms with Crippen LogP contribution in [0.25, 0.3) is 0 Å². The summed E-state index contributed by atoms with van der Waals surface area (Å²) in [5.41, 5.74) is -2.82. The molecular formula is C29H49NO14. The van der Waals surface area contributed by atoms with Crippen LogP contribution in [0, 0.1) is 16.2 Å². The summed E-state index contributed by atoms with van der Waals surface area (Å²) in [6.07, 6.45) is -14.6. The number of nitrogens with one attached hydrogen (secondary N) is 1. The second-order valence-corrected chi connectivity index (χ2v) is 14.2. The van der Waals surface area contributed by atoms with Crippen molar-refractivity contribution < 1.29 is 68.0 Å². The largest absolute Gasteiger partial charge is 0.462 e. The standard InChI is InChI=1S/C29H49NO14/c1-13(31)30-16-18(33)20(15(41-22(16)35)12-40-25(37)28(5,6)7)43-23-19(34)21(44-26(38)29(8,9)10)17(32)14(42-23)11-39-24(36)27(2,3)4/h14-23,32-35H,11-12H2,1-10H3,(H,30,31)/t14-,15-,16-,17+,18-,19-,20-,21+,22-,23+/m1/s1. The number of aliphatic hydroxyl groups excluding tert-OH is 4. The molecule has 1 amide bonds. The minimum atomic E-state index is -1.85. The molecule has 5 N–H and O–H groups in total. The number of esters is 3. The molecular weight excluding hydrogens is 586 g/mol. The highest BCUT2D eigenvalue weighted by Gasteiger charge is 2.53. The molecule has 2 fully saturated rings. The number of carbonyl (C=O) groups excluding carboxylic acids is 4. The Hall–Kier alpha value is -2.40. The summed E-state index contributed by atoms with van der Waals surface area (Å²) < 4.78 is 33.4. The fourth-order valence-electron chi connectivity index (χ4n) is 4.12. The Morgan fingerprint density at radius 2 is 1.14 bits per heavy atom. The monoisotopic (exact) mass is 635 g/mol. The number of aliphatic hydroxyl groups is 4. The van der Waals surface area contributed by atoms with Gasteiger partial charge in [-0.3, -0.25) is 19.2 Å². The van der Waals surface area contributed by atoms with E-state index >= 15 is 0 Å². The van der Waals surface area contributed by atoms with E-state index in [4.69, 9.17) is 28.4 Å². The van der Waals surface area contributed by atoms with E-state index in [0.717, 1.165) is 6.92 Å². The molecule has 0 spiro atoms. The molecule has 254 valence electrons. The molecule has 2 heterocycles. The maximum atomic E-state index is 12.8. The maximum Gasteiger partial charge on any atom is 0.311 e. The van der Waals surface area contributed by atoms with Gasteiger partial charge in [-0.05, 0) is 62.3 Å². The number of carbonyl (C=O) groups is 4. The molecule has 0 unspecified atom stereocenters. The summed E-state index contributed by atoms with van der Waals surface area (Å²) in [7, 11) is 0. The summed E-state index contributed by atoms with van der Waals surface area (Å²) in [5, 5.41) is 46.3. The predicted molar refractivity (Wildman–Crippen MR) is 150 cm³/mol. The van der Waals surface area contributed by atoms with E-state index in [1.807, 2.05) is 0 Å². The number of hydrogen-bond acceptors (Lipinski definition) is 14. The van der Waals surface area contributed by atoms with Gasteiger partial charge in [-0.15, -0.1) is 0 Å². The van der Waals surface area contributed by atoms with E-state index < -0.39 is 115 Å². The molecule has 2 aliphatic heterocycles. The van der Waals surface area contributed by atoms with Gasteiger partial charge in [0.1, 0.15) is 55.9 Å². The lowest BCUT2D eigenvalue weighted by Gasteiger charge is -2.47. The molecule has 0 aromatic rings. The molecule has 15 nitrogen and oxygen atoms in total. The highest BCUT2D eigenvalue weighted by Crippen LogP contribution is 2.32. The van der Waals surface area contributed by atoms with Crippen molar-refractivity contribution in [1.82, 2.24) is 5.32 Å². The van der Waals surface area contributed by atoms with Crippen LogP contribution < -0.4 is 5.32 Å². The molecule has 0 aromatic heterocycles. The number of hydrogen-bond donors (Lipinski definition) is 5. The number of ether oxygens (including phenoxy) is 6. The van der Waals surface area contributed by atoms with Gasteiger partial charge >= 0.3 is 17.9 Å². The molecule has 0 radical (unpaired) electrons. The average molecular weight is 636 g/mol. The van der Waals surface area contributed by atoms with Gasteiger partial charge in [-0.1, -0.05) is 0 Å². The lowest BCUT2D eigenvalue weighted by molar-refractivity contribution is -0.346. The van der Waals surface area contributed by atoms with Gasteiger partial charge < -0.3 is 54.2 Å². The van der Waals surface area contributed by atoms with Crippen LogP contribution in [0.1, 0.15) is 69.2 Å². The van der Waals surface area contributed by atoms with Crippen molar-refractivity contribution in [2.24, 2.45) is 16.2 Å². The zero-order valence-electron chi connectivity index (χ0n) is 27.1. The fraction of sp³-hybridized carbons (Fsp3) is 0.862. The summed E-state index contributed by atoms with van der Waals surface area (Å²) in [6, 6.07) is -1.41. The summed E-state index contributed by atoms with van der Waals surface area (Å²) in [4.78, 5) is 49.4. The lowest BCUT2D eigenvalue weighted by Crippen LogP contribution is -2.67. The zero-order chi connectivity index (χ0) is 33.9. The van der Waals surface area contributed by atoms with Gasteiger partial charge in [-0.25, -0.2) is 0 Å². The van der Waals surface area contributed by atoms with Crippen LogP contribution in [0.3, 0.4) is 0 Å². The first-order valence-corrected chi connectivity index (χ1v) is 14.5. The van der Waals surface area contributed by atoms with E-state index in [2.05, 4.69) is 5.32 Å². The van der Waals surface area contributed by atoms with Crippen molar-refractivity contribution in [2.45, 2.75) is 131 Å². The molecule has 0 bridgehead atoms. The molecule has 0 aliphatic carbocycles. The van der Waals surface area contributed by atoms with E-state index in [-0.39, 0.29) is 0 Å². The van der Waals surface area contributed by atoms with Crippen molar-refractivity contribution >= 4 is 23.8 Å². The fourth-order valence-corrected chi connectivity index (χ4v) is 4.12. The van der Waals surface area contributed by atoms with Gasteiger partial charge in [0.05, 0.1) is 16.2 Å². The molecule has 2 rings (SSSR count). The molecule has 0 saturated carbocycles. The topological polar surface area (TPSA) is 217 Å². The van der Waals surface area contributed by atoms with Crippen LogP contribution in [0.2, 0.25) is 0 Å². The molecule has 44 heavy (non-hydrogen) atoms. The van der Waals surface area contributed by atoms with Gasteiger partial charge in [0.25, 0.3) is 0 Å². The van der Waals surface area contributed by atoms with Gasteiger partial charge in [0.2, 0.25) is 5.91 Å². The third-order valence-electron chi connectivity index (χ3n) is 6.83. The van der Waals surface area contributed by atoms with E-state index in [1.54, 1.807) is 62.3 Å². The first-order chi connectivity index (χ1) is 19.9. The first-order valence-electron chi connectivity index (χ1n) is 14.5. The molecule has 15 heteroatoms. The average Bonchev–Trinajstić information content (AvgIpc) is 2.87. The Labute approximate surface area is 257 Å². The molecule has 2 saturated heterocycles. The normalized spacial score (nSPS) is 33.2. The number of rotatable bonds is 8. The molecule has 10 atom stereocenters. The quantitative estimate of drug-likeness (QED) is 0.168. The Kier molecular flexibility index (Phi) is 12.3. The van der Waals surface area contributed by atoms with Crippen LogP contribution in [0.4, 0.5) is 0 Å². The first kappa shape index (κ1) is 37.8. The van der Waals surface area contributed by atoms with E-state index in [0.29, 0.717) is 0 Å².